The molecule has 1 aromatic carbocycles. The average Bonchev–Trinajstić information content (AvgIpc) is 2.29. The van der Waals surface area contributed by atoms with Gasteiger partial charge in [0, 0.05) is 18.2 Å². The second kappa shape index (κ2) is 6.92. The number of hydrogen-bond donors (Lipinski definition) is 0. The van der Waals surface area contributed by atoms with Gasteiger partial charge in [0.25, 0.3) is 0 Å². The van der Waals surface area contributed by atoms with Gasteiger partial charge in [0.1, 0.15) is 0 Å². The fraction of sp³-hybridized carbons (Fsp3) is 0.214. The maximum absolute atomic E-state index is 10.7. The minimum absolute atomic E-state index is 0.173. The first kappa shape index (κ1) is 12.6. The van der Waals surface area contributed by atoms with Gasteiger partial charge >= 0.3 is 0 Å². The van der Waals surface area contributed by atoms with E-state index in [0.29, 0.717) is 0 Å². The molecular formula is C14H14OS. The summed E-state index contributed by atoms with van der Waals surface area (Å²) >= 11 is 1.36. The zero-order chi connectivity index (χ0) is 11.8. The molecule has 0 aliphatic rings. The van der Waals surface area contributed by atoms with Gasteiger partial charge in [-0.2, -0.15) is 0 Å². The normalized spacial score (nSPS) is 10.2. The standard InChI is InChI=1S/C14H14OS/c1-3-13-7-9-14(10-8-13)6-4-5-11-16-12(2)15/h1,4,6-10H,5,11H2,2H3. The van der Waals surface area contributed by atoms with E-state index < -0.39 is 0 Å². The Bertz CT molecular complexity index is 409. The molecule has 0 aromatic heterocycles. The molecule has 0 N–H and O–H groups in total. The number of carbonyl (C=O) groups is 1. The molecule has 0 aliphatic carbocycles. The first-order valence-electron chi connectivity index (χ1n) is 5.09. The lowest BCUT2D eigenvalue weighted by Crippen LogP contribution is -1.83. The van der Waals surface area contributed by atoms with Crippen LogP contribution in [0.3, 0.4) is 0 Å². The summed E-state index contributed by atoms with van der Waals surface area (Å²) in [5.41, 5.74) is 2.02. The fourth-order valence-electron chi connectivity index (χ4n) is 1.18. The first-order chi connectivity index (χ1) is 7.72. The van der Waals surface area contributed by atoms with E-state index in [4.69, 9.17) is 6.42 Å². The third-order valence-corrected chi connectivity index (χ3v) is 2.82. The Labute approximate surface area is 101 Å². The lowest BCUT2D eigenvalue weighted by Gasteiger charge is -1.94. The van der Waals surface area contributed by atoms with Crippen molar-refractivity contribution in [2.24, 2.45) is 0 Å². The SMILES string of the molecule is C#Cc1ccc(C=CCCSC(C)=O)cc1. The number of benzene rings is 1. The number of allylic oxidation sites excluding steroid dienone is 1. The maximum Gasteiger partial charge on any atom is 0.185 e. The molecule has 0 amide bonds. The summed E-state index contributed by atoms with van der Waals surface area (Å²) in [5.74, 6) is 3.42. The minimum Gasteiger partial charge on any atom is -0.288 e. The smallest absolute Gasteiger partial charge is 0.185 e. The highest BCUT2D eigenvalue weighted by atomic mass is 32.2. The maximum atomic E-state index is 10.7. The Hall–Kier alpha value is -1.46. The van der Waals surface area contributed by atoms with Gasteiger partial charge in [-0.05, 0) is 24.1 Å². The lowest BCUT2D eigenvalue weighted by molar-refractivity contribution is -0.109. The van der Waals surface area contributed by atoms with Crippen LogP contribution in [-0.4, -0.2) is 10.9 Å². The molecule has 0 unspecified atom stereocenters. The lowest BCUT2D eigenvalue weighted by atomic mass is 10.1. The molecule has 16 heavy (non-hydrogen) atoms. The van der Waals surface area contributed by atoms with Crippen LogP contribution in [0.25, 0.3) is 6.08 Å². The molecule has 1 aromatic rings. The van der Waals surface area contributed by atoms with Crippen molar-refractivity contribution >= 4 is 23.0 Å². The van der Waals surface area contributed by atoms with Crippen molar-refractivity contribution in [3.63, 3.8) is 0 Å². The minimum atomic E-state index is 0.173. The molecule has 1 nitrogen and oxygen atoms in total. The number of hydrogen-bond acceptors (Lipinski definition) is 2. The van der Waals surface area contributed by atoms with Gasteiger partial charge in [0.2, 0.25) is 0 Å². The third kappa shape index (κ3) is 4.86. The van der Waals surface area contributed by atoms with E-state index in [0.717, 1.165) is 23.3 Å². The number of terminal acetylenes is 1. The Morgan fingerprint density at radius 3 is 2.69 bits per heavy atom. The highest BCUT2D eigenvalue weighted by molar-refractivity contribution is 8.13. The van der Waals surface area contributed by atoms with Crippen molar-refractivity contribution in [3.8, 4) is 12.3 Å². The monoisotopic (exact) mass is 230 g/mol. The quantitative estimate of drug-likeness (QED) is 0.583. The number of thioether (sulfide) groups is 1. The van der Waals surface area contributed by atoms with Crippen LogP contribution in [0.4, 0.5) is 0 Å². The van der Waals surface area contributed by atoms with Crippen molar-refractivity contribution in [2.75, 3.05) is 5.75 Å². The van der Waals surface area contributed by atoms with E-state index in [1.165, 1.54) is 11.8 Å². The topological polar surface area (TPSA) is 17.1 Å². The van der Waals surface area contributed by atoms with Crippen molar-refractivity contribution in [1.82, 2.24) is 0 Å². The van der Waals surface area contributed by atoms with Crippen LogP contribution in [-0.2, 0) is 4.79 Å². The predicted octanol–water partition coefficient (Wildman–Crippen LogP) is 3.35. The second-order valence-corrected chi connectivity index (χ2v) is 4.57. The fourth-order valence-corrected chi connectivity index (χ4v) is 1.72. The van der Waals surface area contributed by atoms with E-state index in [1.807, 2.05) is 30.3 Å². The molecule has 0 atom stereocenters. The van der Waals surface area contributed by atoms with Crippen LogP contribution in [0.5, 0.6) is 0 Å². The third-order valence-electron chi connectivity index (χ3n) is 1.98. The van der Waals surface area contributed by atoms with Crippen molar-refractivity contribution in [1.29, 1.82) is 0 Å². The summed E-state index contributed by atoms with van der Waals surface area (Å²) in [6.45, 7) is 1.59. The van der Waals surface area contributed by atoms with E-state index in [9.17, 15) is 4.79 Å². The molecule has 2 heteroatoms. The van der Waals surface area contributed by atoms with Crippen LogP contribution in [0.15, 0.2) is 30.3 Å². The molecule has 0 spiro atoms. The largest absolute Gasteiger partial charge is 0.288 e. The van der Waals surface area contributed by atoms with Crippen LogP contribution in [0.2, 0.25) is 0 Å². The highest BCUT2D eigenvalue weighted by Crippen LogP contribution is 2.08. The molecule has 0 radical (unpaired) electrons. The number of rotatable bonds is 4. The molecule has 0 saturated heterocycles. The Morgan fingerprint density at radius 2 is 2.12 bits per heavy atom. The average molecular weight is 230 g/mol. The molecule has 82 valence electrons. The molecule has 0 bridgehead atoms. The van der Waals surface area contributed by atoms with Crippen LogP contribution in [0, 0.1) is 12.3 Å². The predicted molar refractivity (Wildman–Crippen MR) is 71.2 cm³/mol. The van der Waals surface area contributed by atoms with Crippen LogP contribution < -0.4 is 0 Å². The van der Waals surface area contributed by atoms with Crippen molar-refractivity contribution < 1.29 is 4.79 Å². The summed E-state index contributed by atoms with van der Waals surface area (Å²) in [6, 6.07) is 7.82. The van der Waals surface area contributed by atoms with Crippen molar-refractivity contribution in [2.45, 2.75) is 13.3 Å². The zero-order valence-corrected chi connectivity index (χ0v) is 10.1. The van der Waals surface area contributed by atoms with Gasteiger partial charge in [-0.1, -0.05) is 42.0 Å². The van der Waals surface area contributed by atoms with Gasteiger partial charge in [0.15, 0.2) is 5.12 Å². The van der Waals surface area contributed by atoms with E-state index in [-0.39, 0.29) is 5.12 Å². The summed E-state index contributed by atoms with van der Waals surface area (Å²) in [6.07, 6.45) is 10.3. The zero-order valence-electron chi connectivity index (χ0n) is 9.27. The molecule has 0 fully saturated rings. The molecule has 0 aliphatic heterocycles. The molecule has 0 heterocycles. The van der Waals surface area contributed by atoms with E-state index in [2.05, 4.69) is 12.0 Å². The van der Waals surface area contributed by atoms with Gasteiger partial charge in [-0.25, -0.2) is 0 Å². The summed E-state index contributed by atoms with van der Waals surface area (Å²) in [7, 11) is 0. The Morgan fingerprint density at radius 1 is 1.44 bits per heavy atom. The van der Waals surface area contributed by atoms with Crippen LogP contribution in [0.1, 0.15) is 24.5 Å². The van der Waals surface area contributed by atoms with Gasteiger partial charge in [-0.15, -0.1) is 6.42 Å². The first-order valence-corrected chi connectivity index (χ1v) is 6.07. The van der Waals surface area contributed by atoms with E-state index >= 15 is 0 Å². The Balaban J connectivity index is 2.38. The molecule has 0 saturated carbocycles. The summed E-state index contributed by atoms with van der Waals surface area (Å²) < 4.78 is 0. The van der Waals surface area contributed by atoms with Gasteiger partial charge in [0.05, 0.1) is 0 Å². The second-order valence-electron chi connectivity index (χ2n) is 3.30. The highest BCUT2D eigenvalue weighted by Gasteiger charge is 1.91. The number of carbonyl (C=O) groups excluding carboxylic acids is 1. The Kier molecular flexibility index (Phi) is 5.45. The van der Waals surface area contributed by atoms with Crippen molar-refractivity contribution in [3.05, 3.63) is 41.5 Å². The molecule has 1 rings (SSSR count). The molecular weight excluding hydrogens is 216 g/mol. The van der Waals surface area contributed by atoms with Gasteiger partial charge in [-0.3, -0.25) is 4.79 Å². The van der Waals surface area contributed by atoms with Crippen LogP contribution >= 0.6 is 11.8 Å². The van der Waals surface area contributed by atoms with Gasteiger partial charge < -0.3 is 0 Å². The summed E-state index contributed by atoms with van der Waals surface area (Å²) in [4.78, 5) is 10.7. The summed E-state index contributed by atoms with van der Waals surface area (Å²) in [5, 5.41) is 0.173. The van der Waals surface area contributed by atoms with E-state index in [1.54, 1.807) is 6.92 Å².